The smallest absolute Gasteiger partial charge is 0.128 e. The van der Waals surface area contributed by atoms with E-state index in [4.69, 9.17) is 5.73 Å². The Morgan fingerprint density at radius 3 is 2.81 bits per heavy atom. The summed E-state index contributed by atoms with van der Waals surface area (Å²) in [7, 11) is 0. The number of hydrogen-bond acceptors (Lipinski definition) is 3. The summed E-state index contributed by atoms with van der Waals surface area (Å²) < 4.78 is 1.09. The van der Waals surface area contributed by atoms with Gasteiger partial charge in [-0.3, -0.25) is 0 Å². The Kier molecular flexibility index (Phi) is 3.41. The molecule has 4 heteroatoms. The maximum absolute atomic E-state index is 5.67. The highest BCUT2D eigenvalue weighted by Gasteiger charge is 1.99. The zero-order valence-electron chi connectivity index (χ0n) is 8.65. The van der Waals surface area contributed by atoms with Crippen molar-refractivity contribution in [2.24, 2.45) is 0 Å². The van der Waals surface area contributed by atoms with Gasteiger partial charge in [-0.15, -0.1) is 0 Å². The molecule has 2 rings (SSSR count). The van der Waals surface area contributed by atoms with Gasteiger partial charge in [-0.2, -0.15) is 0 Å². The molecule has 0 amide bonds. The molecule has 0 spiro atoms. The summed E-state index contributed by atoms with van der Waals surface area (Å²) in [6.07, 6.45) is 1.69. The highest BCUT2D eigenvalue weighted by atomic mass is 79.9. The first-order valence-corrected chi connectivity index (χ1v) is 5.74. The van der Waals surface area contributed by atoms with Gasteiger partial charge in [0.2, 0.25) is 0 Å². The Balaban J connectivity index is 2.05. The lowest BCUT2D eigenvalue weighted by atomic mass is 10.2. The first-order valence-electron chi connectivity index (χ1n) is 4.94. The molecule has 0 saturated heterocycles. The maximum atomic E-state index is 5.67. The van der Waals surface area contributed by atoms with Crippen LogP contribution in [-0.4, -0.2) is 4.98 Å². The fourth-order valence-corrected chi connectivity index (χ4v) is 1.80. The molecule has 0 radical (unpaired) electrons. The van der Waals surface area contributed by atoms with Crippen LogP contribution in [0.3, 0.4) is 0 Å². The quantitative estimate of drug-likeness (QED) is 0.907. The van der Waals surface area contributed by atoms with Crippen molar-refractivity contribution < 1.29 is 0 Å². The Morgan fingerprint density at radius 2 is 2.06 bits per heavy atom. The standard InChI is InChI=1S/C12H12BrN3/c13-11-4-2-1-3-9(11)8-16-12-7-10(14)5-6-15-12/h1-7H,8H2,(H3,14,15,16). The second kappa shape index (κ2) is 4.99. The second-order valence-electron chi connectivity index (χ2n) is 3.42. The van der Waals surface area contributed by atoms with E-state index < -0.39 is 0 Å². The van der Waals surface area contributed by atoms with Crippen molar-refractivity contribution in [1.82, 2.24) is 4.98 Å². The van der Waals surface area contributed by atoms with E-state index in [2.05, 4.69) is 32.3 Å². The summed E-state index contributed by atoms with van der Waals surface area (Å²) in [5.74, 6) is 0.788. The fourth-order valence-electron chi connectivity index (χ4n) is 1.37. The number of anilines is 2. The molecular formula is C12H12BrN3. The van der Waals surface area contributed by atoms with E-state index in [1.54, 1.807) is 12.3 Å². The van der Waals surface area contributed by atoms with Crippen molar-refractivity contribution in [3.05, 3.63) is 52.6 Å². The van der Waals surface area contributed by atoms with Gasteiger partial charge in [0, 0.05) is 29.0 Å². The maximum Gasteiger partial charge on any atom is 0.128 e. The third-order valence-electron chi connectivity index (χ3n) is 2.20. The number of nitrogens with zero attached hydrogens (tertiary/aromatic N) is 1. The first kappa shape index (κ1) is 11.0. The van der Waals surface area contributed by atoms with Gasteiger partial charge in [-0.05, 0) is 17.7 Å². The van der Waals surface area contributed by atoms with Gasteiger partial charge in [-0.25, -0.2) is 4.98 Å². The lowest BCUT2D eigenvalue weighted by Gasteiger charge is -2.07. The Hall–Kier alpha value is -1.55. The number of hydrogen-bond donors (Lipinski definition) is 2. The molecule has 3 nitrogen and oxygen atoms in total. The summed E-state index contributed by atoms with van der Waals surface area (Å²) in [5.41, 5.74) is 7.57. The second-order valence-corrected chi connectivity index (χ2v) is 4.27. The molecule has 0 atom stereocenters. The molecule has 1 aromatic heterocycles. The van der Waals surface area contributed by atoms with Crippen molar-refractivity contribution in [2.45, 2.75) is 6.54 Å². The Bertz CT molecular complexity index is 485. The number of nitrogens with two attached hydrogens (primary N) is 1. The van der Waals surface area contributed by atoms with Gasteiger partial charge in [0.1, 0.15) is 5.82 Å². The molecule has 0 fully saturated rings. The van der Waals surface area contributed by atoms with Gasteiger partial charge in [0.15, 0.2) is 0 Å². The zero-order valence-corrected chi connectivity index (χ0v) is 10.2. The van der Waals surface area contributed by atoms with Crippen LogP contribution in [0.5, 0.6) is 0 Å². The molecule has 0 aliphatic rings. The molecule has 16 heavy (non-hydrogen) atoms. The molecule has 82 valence electrons. The predicted molar refractivity (Wildman–Crippen MR) is 70.1 cm³/mol. The Labute approximate surface area is 103 Å². The minimum absolute atomic E-state index is 0.713. The highest BCUT2D eigenvalue weighted by Crippen LogP contribution is 2.17. The van der Waals surface area contributed by atoms with E-state index in [0.29, 0.717) is 5.69 Å². The molecule has 0 saturated carbocycles. The van der Waals surface area contributed by atoms with Crippen LogP contribution in [0.1, 0.15) is 5.56 Å². The van der Waals surface area contributed by atoms with E-state index >= 15 is 0 Å². The number of aromatic nitrogens is 1. The summed E-state index contributed by atoms with van der Waals surface area (Å²) in [5, 5.41) is 3.22. The summed E-state index contributed by atoms with van der Waals surface area (Å²) in [4.78, 5) is 4.18. The van der Waals surface area contributed by atoms with Crippen molar-refractivity contribution in [2.75, 3.05) is 11.1 Å². The minimum Gasteiger partial charge on any atom is -0.399 e. The molecule has 3 N–H and O–H groups in total. The average molecular weight is 278 g/mol. The highest BCUT2D eigenvalue weighted by molar-refractivity contribution is 9.10. The third-order valence-corrected chi connectivity index (χ3v) is 2.98. The number of nitrogens with one attached hydrogen (secondary N) is 1. The van der Waals surface area contributed by atoms with Gasteiger partial charge in [-0.1, -0.05) is 34.1 Å². The first-order chi connectivity index (χ1) is 7.75. The monoisotopic (exact) mass is 277 g/mol. The van der Waals surface area contributed by atoms with Gasteiger partial charge < -0.3 is 11.1 Å². The van der Waals surface area contributed by atoms with Crippen LogP contribution in [0.2, 0.25) is 0 Å². The molecule has 2 aromatic rings. The molecule has 0 aliphatic heterocycles. The normalized spacial score (nSPS) is 10.1. The lowest BCUT2D eigenvalue weighted by molar-refractivity contribution is 1.10. The summed E-state index contributed by atoms with van der Waals surface area (Å²) in [6, 6.07) is 11.7. The number of benzene rings is 1. The van der Waals surface area contributed by atoms with E-state index in [0.717, 1.165) is 16.8 Å². The summed E-state index contributed by atoms with van der Waals surface area (Å²) >= 11 is 3.50. The van der Waals surface area contributed by atoms with E-state index in [9.17, 15) is 0 Å². The van der Waals surface area contributed by atoms with Crippen LogP contribution in [0.4, 0.5) is 11.5 Å². The summed E-state index contributed by atoms with van der Waals surface area (Å²) in [6.45, 7) is 0.720. The lowest BCUT2D eigenvalue weighted by Crippen LogP contribution is -2.02. The van der Waals surface area contributed by atoms with E-state index in [1.807, 2.05) is 24.3 Å². The molecule has 0 unspecified atom stereocenters. The predicted octanol–water partition coefficient (Wildman–Crippen LogP) is 3.04. The van der Waals surface area contributed by atoms with Gasteiger partial charge >= 0.3 is 0 Å². The molecule has 0 aliphatic carbocycles. The number of nitrogen functional groups attached to an aromatic ring is 1. The average Bonchev–Trinajstić information content (AvgIpc) is 2.28. The fraction of sp³-hybridized carbons (Fsp3) is 0.0833. The number of halogens is 1. The molecule has 1 heterocycles. The zero-order chi connectivity index (χ0) is 11.4. The van der Waals surface area contributed by atoms with Crippen LogP contribution < -0.4 is 11.1 Å². The van der Waals surface area contributed by atoms with Crippen molar-refractivity contribution in [3.8, 4) is 0 Å². The van der Waals surface area contributed by atoms with Crippen LogP contribution in [0, 0.1) is 0 Å². The SMILES string of the molecule is Nc1ccnc(NCc2ccccc2Br)c1. The van der Waals surface area contributed by atoms with Crippen molar-refractivity contribution >= 4 is 27.4 Å². The topological polar surface area (TPSA) is 50.9 Å². The van der Waals surface area contributed by atoms with Crippen molar-refractivity contribution in [3.63, 3.8) is 0 Å². The third kappa shape index (κ3) is 2.73. The van der Waals surface area contributed by atoms with Crippen LogP contribution in [0.25, 0.3) is 0 Å². The van der Waals surface area contributed by atoms with E-state index in [1.165, 1.54) is 5.56 Å². The molecule has 0 bridgehead atoms. The van der Waals surface area contributed by atoms with Crippen LogP contribution in [0.15, 0.2) is 47.1 Å². The van der Waals surface area contributed by atoms with Crippen LogP contribution >= 0.6 is 15.9 Å². The Morgan fingerprint density at radius 1 is 1.25 bits per heavy atom. The van der Waals surface area contributed by atoms with Gasteiger partial charge in [0.25, 0.3) is 0 Å². The van der Waals surface area contributed by atoms with Crippen LogP contribution in [-0.2, 0) is 6.54 Å². The van der Waals surface area contributed by atoms with Crippen molar-refractivity contribution in [1.29, 1.82) is 0 Å². The largest absolute Gasteiger partial charge is 0.399 e. The minimum atomic E-state index is 0.713. The number of rotatable bonds is 3. The van der Waals surface area contributed by atoms with E-state index in [-0.39, 0.29) is 0 Å². The van der Waals surface area contributed by atoms with Gasteiger partial charge in [0.05, 0.1) is 0 Å². The molecular weight excluding hydrogens is 266 g/mol. The molecule has 1 aromatic carbocycles. The number of pyridine rings is 1.